The fourth-order valence-electron chi connectivity index (χ4n) is 3.13. The highest BCUT2D eigenvalue weighted by atomic mass is 32.2. The lowest BCUT2D eigenvalue weighted by Gasteiger charge is -2.13. The highest BCUT2D eigenvalue weighted by Crippen LogP contribution is 2.13. The van der Waals surface area contributed by atoms with Crippen LogP contribution in [0.15, 0.2) is 12.2 Å². The number of hydrogen-bond donors (Lipinski definition) is 1. The standard InChI is InChI=1S/C22H43NO4S/c1-3-4-5-6-7-8-9-10-11-12-13-14-15-16-17-18-19-22(24)23(2)20-21-28(25,26)27/h18-19H,3-17,20-21H2,1-2H3,(H,25,26,27)/b19-18+. The van der Waals surface area contributed by atoms with E-state index in [9.17, 15) is 13.2 Å². The van der Waals surface area contributed by atoms with Crippen LogP contribution in [0.2, 0.25) is 0 Å². The summed E-state index contributed by atoms with van der Waals surface area (Å²) in [5.41, 5.74) is 0. The van der Waals surface area contributed by atoms with Crippen LogP contribution in [0.4, 0.5) is 0 Å². The summed E-state index contributed by atoms with van der Waals surface area (Å²) >= 11 is 0. The molecule has 0 saturated carbocycles. The number of unbranched alkanes of at least 4 members (excludes halogenated alkanes) is 14. The minimum absolute atomic E-state index is 0.000857. The summed E-state index contributed by atoms with van der Waals surface area (Å²) in [5.74, 6) is -0.656. The van der Waals surface area contributed by atoms with Crippen LogP contribution in [-0.4, -0.2) is 43.1 Å². The predicted octanol–water partition coefficient (Wildman–Crippen LogP) is 5.76. The first-order chi connectivity index (χ1) is 13.4. The zero-order valence-corrected chi connectivity index (χ0v) is 19.0. The average molecular weight is 418 g/mol. The predicted molar refractivity (Wildman–Crippen MR) is 118 cm³/mol. The summed E-state index contributed by atoms with van der Waals surface area (Å²) in [5, 5.41) is 0. The highest BCUT2D eigenvalue weighted by Gasteiger charge is 2.10. The normalized spacial score (nSPS) is 12.0. The molecule has 0 radical (unpaired) electrons. The summed E-state index contributed by atoms with van der Waals surface area (Å²) in [7, 11) is -2.49. The lowest BCUT2D eigenvalue weighted by atomic mass is 10.0. The Morgan fingerprint density at radius 2 is 1.25 bits per heavy atom. The Morgan fingerprint density at radius 3 is 1.68 bits per heavy atom. The zero-order chi connectivity index (χ0) is 21.1. The SMILES string of the molecule is CCCCCCCCCCCCCCCC/C=C/C(=O)N(C)CCS(=O)(=O)O. The molecule has 0 unspecified atom stereocenters. The fraction of sp³-hybridized carbons (Fsp3) is 0.864. The second-order valence-electron chi connectivity index (χ2n) is 7.83. The molecule has 1 N–H and O–H groups in total. The molecular weight excluding hydrogens is 374 g/mol. The molecule has 1 amide bonds. The van der Waals surface area contributed by atoms with Gasteiger partial charge >= 0.3 is 0 Å². The molecule has 166 valence electrons. The Morgan fingerprint density at radius 1 is 0.821 bits per heavy atom. The number of likely N-dealkylation sites (N-methyl/N-ethyl adjacent to an activating group) is 1. The van der Waals surface area contributed by atoms with Crippen molar-refractivity contribution >= 4 is 16.0 Å². The van der Waals surface area contributed by atoms with E-state index in [2.05, 4.69) is 6.92 Å². The quantitative estimate of drug-likeness (QED) is 0.165. The minimum atomic E-state index is -4.02. The first kappa shape index (κ1) is 27.1. The van der Waals surface area contributed by atoms with E-state index in [-0.39, 0.29) is 12.5 Å². The van der Waals surface area contributed by atoms with Crippen LogP contribution in [-0.2, 0) is 14.9 Å². The van der Waals surface area contributed by atoms with Gasteiger partial charge in [0.2, 0.25) is 5.91 Å². The van der Waals surface area contributed by atoms with Crippen LogP contribution in [0.5, 0.6) is 0 Å². The maximum absolute atomic E-state index is 11.8. The molecule has 0 saturated heterocycles. The largest absolute Gasteiger partial charge is 0.341 e. The Hall–Kier alpha value is -0.880. The van der Waals surface area contributed by atoms with Gasteiger partial charge in [-0.2, -0.15) is 8.42 Å². The second kappa shape index (κ2) is 18.2. The monoisotopic (exact) mass is 417 g/mol. The number of rotatable bonds is 19. The molecule has 0 atom stereocenters. The molecule has 5 nitrogen and oxygen atoms in total. The third-order valence-electron chi connectivity index (χ3n) is 5.05. The minimum Gasteiger partial charge on any atom is -0.341 e. The van der Waals surface area contributed by atoms with E-state index < -0.39 is 15.9 Å². The van der Waals surface area contributed by atoms with Crippen LogP contribution < -0.4 is 0 Å². The Labute approximate surface area is 173 Å². The average Bonchev–Trinajstić information content (AvgIpc) is 2.65. The van der Waals surface area contributed by atoms with Gasteiger partial charge in [0.05, 0.1) is 5.75 Å². The van der Waals surface area contributed by atoms with Crippen molar-refractivity contribution in [3.63, 3.8) is 0 Å². The van der Waals surface area contributed by atoms with Gasteiger partial charge in [-0.1, -0.05) is 96.5 Å². The fourth-order valence-corrected chi connectivity index (χ4v) is 3.64. The van der Waals surface area contributed by atoms with E-state index in [4.69, 9.17) is 4.55 Å². The van der Waals surface area contributed by atoms with Gasteiger partial charge in [-0.15, -0.1) is 0 Å². The number of allylic oxidation sites excluding steroid dienone is 1. The van der Waals surface area contributed by atoms with Crippen LogP contribution in [0.1, 0.15) is 103 Å². The lowest BCUT2D eigenvalue weighted by Crippen LogP contribution is -2.30. The van der Waals surface area contributed by atoms with Crippen molar-refractivity contribution in [2.75, 3.05) is 19.3 Å². The van der Waals surface area contributed by atoms with E-state index in [1.807, 2.05) is 6.08 Å². The number of carbonyl (C=O) groups is 1. The van der Waals surface area contributed by atoms with Crippen LogP contribution in [0, 0.1) is 0 Å². The third-order valence-corrected chi connectivity index (χ3v) is 5.74. The lowest BCUT2D eigenvalue weighted by molar-refractivity contribution is -0.124. The van der Waals surface area contributed by atoms with Gasteiger partial charge < -0.3 is 4.90 Å². The number of carbonyl (C=O) groups excluding carboxylic acids is 1. The molecule has 0 heterocycles. The molecule has 0 bridgehead atoms. The summed E-state index contributed by atoms with van der Waals surface area (Å²) in [6.07, 6.45) is 22.9. The van der Waals surface area contributed by atoms with Gasteiger partial charge in [0, 0.05) is 13.6 Å². The first-order valence-corrected chi connectivity index (χ1v) is 12.8. The van der Waals surface area contributed by atoms with Crippen molar-refractivity contribution < 1.29 is 17.8 Å². The van der Waals surface area contributed by atoms with Crippen molar-refractivity contribution in [2.45, 2.75) is 103 Å². The van der Waals surface area contributed by atoms with Gasteiger partial charge in [-0.3, -0.25) is 9.35 Å². The van der Waals surface area contributed by atoms with Crippen LogP contribution in [0.25, 0.3) is 0 Å². The maximum Gasteiger partial charge on any atom is 0.266 e. The highest BCUT2D eigenvalue weighted by molar-refractivity contribution is 7.85. The topological polar surface area (TPSA) is 74.7 Å². The van der Waals surface area contributed by atoms with E-state index >= 15 is 0 Å². The molecule has 28 heavy (non-hydrogen) atoms. The van der Waals surface area contributed by atoms with Gasteiger partial charge in [-0.25, -0.2) is 0 Å². The molecule has 0 spiro atoms. The van der Waals surface area contributed by atoms with Gasteiger partial charge in [-0.05, 0) is 18.9 Å². The van der Waals surface area contributed by atoms with E-state index in [1.54, 1.807) is 0 Å². The second-order valence-corrected chi connectivity index (χ2v) is 9.41. The van der Waals surface area contributed by atoms with Gasteiger partial charge in [0.25, 0.3) is 10.1 Å². The van der Waals surface area contributed by atoms with Crippen LogP contribution >= 0.6 is 0 Å². The molecule has 0 fully saturated rings. The van der Waals surface area contributed by atoms with E-state index in [1.165, 1.54) is 101 Å². The van der Waals surface area contributed by atoms with E-state index in [0.717, 1.165) is 12.8 Å². The van der Waals surface area contributed by atoms with Crippen molar-refractivity contribution in [2.24, 2.45) is 0 Å². The molecule has 0 aromatic carbocycles. The summed E-state index contributed by atoms with van der Waals surface area (Å²) in [4.78, 5) is 13.1. The van der Waals surface area contributed by atoms with Crippen molar-refractivity contribution in [3.05, 3.63) is 12.2 Å². The number of hydrogen-bond acceptors (Lipinski definition) is 3. The van der Waals surface area contributed by atoms with Gasteiger partial charge in [0.15, 0.2) is 0 Å². The van der Waals surface area contributed by atoms with Crippen molar-refractivity contribution in [1.82, 2.24) is 4.90 Å². The summed E-state index contributed by atoms with van der Waals surface area (Å²) in [6.45, 7) is 2.26. The van der Waals surface area contributed by atoms with Crippen LogP contribution in [0.3, 0.4) is 0 Å². The molecule has 6 heteroatoms. The van der Waals surface area contributed by atoms with Gasteiger partial charge in [0.1, 0.15) is 0 Å². The molecule has 0 aliphatic heterocycles. The Balaban J connectivity index is 3.40. The third kappa shape index (κ3) is 19.9. The maximum atomic E-state index is 11.8. The number of amides is 1. The summed E-state index contributed by atoms with van der Waals surface area (Å²) < 4.78 is 30.0. The molecule has 0 aromatic rings. The molecule has 0 aliphatic carbocycles. The Kier molecular flexibility index (Phi) is 17.6. The molecule has 0 aromatic heterocycles. The Bertz CT molecular complexity index is 503. The molecule has 0 aliphatic rings. The van der Waals surface area contributed by atoms with E-state index in [0.29, 0.717) is 0 Å². The number of nitrogens with zero attached hydrogens (tertiary/aromatic N) is 1. The summed E-state index contributed by atoms with van der Waals surface area (Å²) in [6, 6.07) is 0. The van der Waals surface area contributed by atoms with Crippen molar-refractivity contribution in [1.29, 1.82) is 0 Å². The van der Waals surface area contributed by atoms with Crippen molar-refractivity contribution in [3.8, 4) is 0 Å². The molecular formula is C22H43NO4S. The molecule has 0 rings (SSSR count). The first-order valence-electron chi connectivity index (χ1n) is 11.2. The zero-order valence-electron chi connectivity index (χ0n) is 18.2. The smallest absolute Gasteiger partial charge is 0.266 e.